The number of nitrogens with one attached hydrogen (secondary N) is 1. The Hall–Kier alpha value is -3.62. The first-order chi connectivity index (χ1) is 16.5. The highest BCUT2D eigenvalue weighted by Gasteiger charge is 2.20. The Labute approximate surface area is 197 Å². The Kier molecular flexibility index (Phi) is 6.08. The molecule has 0 atom stereocenters. The summed E-state index contributed by atoms with van der Waals surface area (Å²) in [5.74, 6) is 1.46. The lowest BCUT2D eigenvalue weighted by atomic mass is 9.89. The molecule has 5 rings (SSSR count). The number of anilines is 1. The van der Waals surface area contributed by atoms with Crippen molar-refractivity contribution in [2.45, 2.75) is 66.0 Å². The molecular formula is C25H29N7O2. The monoisotopic (exact) mass is 459 g/mol. The van der Waals surface area contributed by atoms with Crippen LogP contribution in [0.25, 0.3) is 22.4 Å². The second kappa shape index (κ2) is 9.32. The van der Waals surface area contributed by atoms with Crippen LogP contribution in [0, 0.1) is 26.7 Å². The fraction of sp³-hybridized carbons (Fsp3) is 0.440. The van der Waals surface area contributed by atoms with E-state index in [-0.39, 0.29) is 5.56 Å². The fourth-order valence-corrected chi connectivity index (χ4v) is 4.70. The summed E-state index contributed by atoms with van der Waals surface area (Å²) in [7, 11) is 0. The van der Waals surface area contributed by atoms with Crippen molar-refractivity contribution >= 4 is 17.0 Å². The van der Waals surface area contributed by atoms with Crippen LogP contribution >= 0.6 is 0 Å². The number of pyridine rings is 1. The van der Waals surface area contributed by atoms with Crippen LogP contribution in [-0.2, 0) is 13.1 Å². The molecule has 4 aromatic heterocycles. The van der Waals surface area contributed by atoms with E-state index in [0.717, 1.165) is 41.2 Å². The predicted octanol–water partition coefficient (Wildman–Crippen LogP) is 4.35. The minimum absolute atomic E-state index is 0.165. The molecule has 0 bridgehead atoms. The van der Waals surface area contributed by atoms with E-state index in [4.69, 9.17) is 9.51 Å². The number of hydrogen-bond donors (Lipinski definition) is 1. The van der Waals surface area contributed by atoms with E-state index < -0.39 is 0 Å². The van der Waals surface area contributed by atoms with Gasteiger partial charge in [-0.2, -0.15) is 0 Å². The van der Waals surface area contributed by atoms with E-state index in [1.165, 1.54) is 19.3 Å². The molecule has 0 saturated heterocycles. The van der Waals surface area contributed by atoms with Crippen LogP contribution in [0.15, 0.2) is 33.8 Å². The summed E-state index contributed by atoms with van der Waals surface area (Å²) in [5, 5.41) is 7.24. The second-order valence-corrected chi connectivity index (χ2v) is 9.12. The van der Waals surface area contributed by atoms with Gasteiger partial charge < -0.3 is 9.84 Å². The minimum atomic E-state index is -0.165. The number of rotatable bonds is 6. The molecule has 1 N–H and O–H groups in total. The normalized spacial score (nSPS) is 14.6. The van der Waals surface area contributed by atoms with Gasteiger partial charge in [0.15, 0.2) is 11.5 Å². The SMILES string of the molecule is Cc1cnc(CNc2nc3ccc(-c4c(C)noc4C)nc3n(CC3CCCCC3)c2=O)cn1. The molecule has 4 aromatic rings. The van der Waals surface area contributed by atoms with Crippen molar-refractivity contribution in [1.29, 1.82) is 0 Å². The summed E-state index contributed by atoms with van der Waals surface area (Å²) in [6, 6.07) is 3.82. The van der Waals surface area contributed by atoms with Crippen molar-refractivity contribution in [3.63, 3.8) is 0 Å². The second-order valence-electron chi connectivity index (χ2n) is 9.12. The van der Waals surface area contributed by atoms with Crippen molar-refractivity contribution in [2.24, 2.45) is 5.92 Å². The molecule has 1 aliphatic carbocycles. The largest absolute Gasteiger partial charge is 0.361 e. The maximum Gasteiger partial charge on any atom is 0.294 e. The molecule has 0 amide bonds. The van der Waals surface area contributed by atoms with E-state index in [0.29, 0.717) is 41.7 Å². The molecule has 0 spiro atoms. The Morgan fingerprint density at radius 3 is 2.59 bits per heavy atom. The number of aryl methyl sites for hydroxylation is 3. The predicted molar refractivity (Wildman–Crippen MR) is 129 cm³/mol. The van der Waals surface area contributed by atoms with Gasteiger partial charge in [-0.15, -0.1) is 0 Å². The highest BCUT2D eigenvalue weighted by molar-refractivity contribution is 5.77. The summed E-state index contributed by atoms with van der Waals surface area (Å²) in [6.07, 6.45) is 9.35. The van der Waals surface area contributed by atoms with Crippen molar-refractivity contribution in [2.75, 3.05) is 5.32 Å². The number of hydrogen-bond acceptors (Lipinski definition) is 8. The van der Waals surface area contributed by atoms with Gasteiger partial charge >= 0.3 is 0 Å². The molecular weight excluding hydrogens is 430 g/mol. The molecule has 1 saturated carbocycles. The van der Waals surface area contributed by atoms with Gasteiger partial charge in [-0.3, -0.25) is 19.3 Å². The van der Waals surface area contributed by atoms with Gasteiger partial charge in [0, 0.05) is 12.7 Å². The molecule has 0 unspecified atom stereocenters. The van der Waals surface area contributed by atoms with Crippen LogP contribution in [0.2, 0.25) is 0 Å². The molecule has 9 nitrogen and oxygen atoms in total. The van der Waals surface area contributed by atoms with E-state index in [2.05, 4.69) is 25.4 Å². The maximum atomic E-state index is 13.6. The first-order valence-electron chi connectivity index (χ1n) is 11.9. The molecule has 9 heteroatoms. The van der Waals surface area contributed by atoms with Gasteiger partial charge in [0.2, 0.25) is 0 Å². The van der Waals surface area contributed by atoms with Crippen LogP contribution in [-0.4, -0.2) is 29.7 Å². The molecule has 4 heterocycles. The maximum absolute atomic E-state index is 13.6. The van der Waals surface area contributed by atoms with Crippen LogP contribution in [0.5, 0.6) is 0 Å². The summed E-state index contributed by atoms with van der Waals surface area (Å²) in [5.41, 5.74) is 5.06. The van der Waals surface area contributed by atoms with Crippen LogP contribution in [0.4, 0.5) is 5.82 Å². The van der Waals surface area contributed by atoms with Gasteiger partial charge in [0.25, 0.3) is 5.56 Å². The highest BCUT2D eigenvalue weighted by Crippen LogP contribution is 2.28. The summed E-state index contributed by atoms with van der Waals surface area (Å²) in [4.78, 5) is 31.8. The molecule has 0 radical (unpaired) electrons. The van der Waals surface area contributed by atoms with E-state index in [1.54, 1.807) is 17.0 Å². The number of nitrogens with zero attached hydrogens (tertiary/aromatic N) is 6. The molecule has 0 aromatic carbocycles. The molecule has 34 heavy (non-hydrogen) atoms. The lowest BCUT2D eigenvalue weighted by Gasteiger charge is -2.23. The summed E-state index contributed by atoms with van der Waals surface area (Å²) < 4.78 is 7.14. The zero-order valence-electron chi connectivity index (χ0n) is 19.8. The Bertz CT molecular complexity index is 1350. The van der Waals surface area contributed by atoms with E-state index in [1.807, 2.05) is 32.9 Å². The zero-order valence-corrected chi connectivity index (χ0v) is 19.8. The fourth-order valence-electron chi connectivity index (χ4n) is 4.70. The lowest BCUT2D eigenvalue weighted by molar-refractivity contribution is 0.319. The molecule has 176 valence electrons. The molecule has 1 aliphatic rings. The van der Waals surface area contributed by atoms with Crippen molar-refractivity contribution in [3.05, 3.63) is 57.7 Å². The topological polar surface area (TPSA) is 112 Å². The minimum Gasteiger partial charge on any atom is -0.361 e. The van der Waals surface area contributed by atoms with E-state index >= 15 is 0 Å². The third-order valence-corrected chi connectivity index (χ3v) is 6.52. The van der Waals surface area contributed by atoms with Crippen LogP contribution in [0.3, 0.4) is 0 Å². The number of fused-ring (bicyclic) bond motifs is 1. The zero-order chi connectivity index (χ0) is 23.7. The highest BCUT2D eigenvalue weighted by atomic mass is 16.5. The van der Waals surface area contributed by atoms with Gasteiger partial charge in [-0.25, -0.2) is 9.97 Å². The number of aromatic nitrogens is 6. The lowest BCUT2D eigenvalue weighted by Crippen LogP contribution is -2.29. The van der Waals surface area contributed by atoms with E-state index in [9.17, 15) is 4.79 Å². The first-order valence-corrected chi connectivity index (χ1v) is 11.9. The summed E-state index contributed by atoms with van der Waals surface area (Å²) in [6.45, 7) is 6.66. The van der Waals surface area contributed by atoms with Crippen molar-refractivity contribution < 1.29 is 4.52 Å². The average Bonchev–Trinajstić information content (AvgIpc) is 3.19. The Morgan fingerprint density at radius 1 is 1.06 bits per heavy atom. The Morgan fingerprint density at radius 2 is 1.88 bits per heavy atom. The quantitative estimate of drug-likeness (QED) is 0.453. The first kappa shape index (κ1) is 22.2. The van der Waals surface area contributed by atoms with Gasteiger partial charge in [-0.05, 0) is 51.7 Å². The van der Waals surface area contributed by atoms with Crippen molar-refractivity contribution in [1.82, 2.24) is 29.7 Å². The third-order valence-electron chi connectivity index (χ3n) is 6.52. The average molecular weight is 460 g/mol. The molecule has 0 aliphatic heterocycles. The van der Waals surface area contributed by atoms with Gasteiger partial charge in [-0.1, -0.05) is 24.4 Å². The summed E-state index contributed by atoms with van der Waals surface area (Å²) >= 11 is 0. The van der Waals surface area contributed by atoms with Gasteiger partial charge in [0.1, 0.15) is 11.3 Å². The third kappa shape index (κ3) is 4.42. The Balaban J connectivity index is 1.56. The standard InChI is InChI=1S/C25H29N7O2/c1-15-11-27-19(12-26-15)13-28-23-25(33)32(14-18-7-5-4-6-8-18)24-21(29-23)10-9-20(30-24)22-16(2)31-34-17(22)3/h9-12,18H,4-8,13-14H2,1-3H3,(H,28,29). The molecule has 1 fully saturated rings. The van der Waals surface area contributed by atoms with Crippen LogP contribution in [0.1, 0.15) is 54.9 Å². The van der Waals surface area contributed by atoms with Gasteiger partial charge in [0.05, 0.1) is 41.1 Å². The van der Waals surface area contributed by atoms with Crippen LogP contribution < -0.4 is 10.9 Å². The van der Waals surface area contributed by atoms with Crippen molar-refractivity contribution in [3.8, 4) is 11.3 Å². The smallest absolute Gasteiger partial charge is 0.294 e.